The number of nitrogens with zero attached hydrogens (tertiary/aromatic N) is 1. The molecule has 0 heterocycles. The van der Waals surface area contributed by atoms with E-state index in [2.05, 4.69) is 62.5 Å². The van der Waals surface area contributed by atoms with Gasteiger partial charge in [0.15, 0.2) is 0 Å². The number of esters is 1. The van der Waals surface area contributed by atoms with Gasteiger partial charge in [0.25, 0.3) is 0 Å². The van der Waals surface area contributed by atoms with Crippen LogP contribution in [-0.4, -0.2) is 75.6 Å². The molecule has 0 aliphatic heterocycles. The number of phosphoric acid groups is 1. The molecule has 0 saturated carbocycles. The van der Waals surface area contributed by atoms with Crippen molar-refractivity contribution in [2.24, 2.45) is 0 Å². The minimum Gasteiger partial charge on any atom is -0.457 e. The summed E-state index contributed by atoms with van der Waals surface area (Å²) < 4.78 is 34.8. The Morgan fingerprint density at radius 1 is 0.615 bits per heavy atom. The highest BCUT2D eigenvalue weighted by Crippen LogP contribution is 2.43. The molecule has 0 bridgehead atoms. The molecule has 0 amide bonds. The van der Waals surface area contributed by atoms with E-state index in [1.807, 2.05) is 33.3 Å². The first-order valence-electron chi connectivity index (χ1n) is 20.5. The Kier molecular flexibility index (Phi) is 34.9. The summed E-state index contributed by atoms with van der Waals surface area (Å²) in [6.45, 7) is 5.40. The van der Waals surface area contributed by atoms with Crippen LogP contribution in [0.15, 0.2) is 60.8 Å². The maximum absolute atomic E-state index is 12.6. The van der Waals surface area contributed by atoms with Crippen molar-refractivity contribution in [3.05, 3.63) is 60.8 Å². The Hall–Kier alpha value is -1.80. The van der Waals surface area contributed by atoms with Crippen LogP contribution in [0.2, 0.25) is 0 Å². The summed E-state index contributed by atoms with van der Waals surface area (Å²) in [6.07, 6.45) is 44.1. The fourth-order valence-electron chi connectivity index (χ4n) is 5.19. The predicted octanol–water partition coefficient (Wildman–Crippen LogP) is 11.8. The molecular formula is C43H79NO7P+. The van der Waals surface area contributed by atoms with Gasteiger partial charge in [-0.05, 0) is 44.9 Å². The molecule has 2 atom stereocenters. The molecule has 52 heavy (non-hydrogen) atoms. The first-order valence-corrected chi connectivity index (χ1v) is 22.0. The van der Waals surface area contributed by atoms with Crippen LogP contribution in [0.25, 0.3) is 0 Å². The number of allylic oxidation sites excluding steroid dienone is 10. The van der Waals surface area contributed by atoms with Crippen LogP contribution >= 0.6 is 7.82 Å². The fourth-order valence-corrected chi connectivity index (χ4v) is 5.93. The normalized spacial score (nSPS) is 14.5. The second-order valence-corrected chi connectivity index (χ2v) is 16.1. The summed E-state index contributed by atoms with van der Waals surface area (Å²) >= 11 is 0. The summed E-state index contributed by atoms with van der Waals surface area (Å²) in [6, 6.07) is 0. The van der Waals surface area contributed by atoms with Crippen molar-refractivity contribution in [2.75, 3.05) is 54.1 Å². The Morgan fingerprint density at radius 3 is 1.56 bits per heavy atom. The Balaban J connectivity index is 4.40. The van der Waals surface area contributed by atoms with Gasteiger partial charge in [-0.1, -0.05) is 158 Å². The molecule has 0 aliphatic rings. The molecule has 8 nitrogen and oxygen atoms in total. The summed E-state index contributed by atoms with van der Waals surface area (Å²) in [7, 11) is 1.62. The third kappa shape index (κ3) is 39.4. The summed E-state index contributed by atoms with van der Waals surface area (Å²) in [5.74, 6) is -0.395. The number of ether oxygens (including phenoxy) is 2. The molecule has 0 fully saturated rings. The molecule has 0 aromatic heterocycles. The standard InChI is InChI=1S/C43H78NO7P/c1-6-8-10-12-14-16-18-20-22-23-24-26-28-30-32-34-36-43(45)51-42(41-50-52(46,47)49-39-37-44(3,4)5)40-48-38-35-33-31-29-27-25-21-19-17-15-13-11-9-7-2/h8,10,14,16,20,22,24,26,30,32,42H,6-7,9,11-13,15,17-19,21,23,25,27-29,31,33-41H2,1-5H3/p+1/b10-8-,16-14-,22-20-,26-24-,32-30-/t42-/m1/s1. The highest BCUT2D eigenvalue weighted by molar-refractivity contribution is 7.47. The molecule has 9 heteroatoms. The van der Waals surface area contributed by atoms with Gasteiger partial charge in [0, 0.05) is 13.0 Å². The number of hydrogen-bond donors (Lipinski definition) is 1. The van der Waals surface area contributed by atoms with Gasteiger partial charge < -0.3 is 18.9 Å². The van der Waals surface area contributed by atoms with Gasteiger partial charge in [-0.3, -0.25) is 13.8 Å². The van der Waals surface area contributed by atoms with Gasteiger partial charge in [-0.15, -0.1) is 0 Å². The third-order valence-corrected chi connectivity index (χ3v) is 9.34. The molecule has 302 valence electrons. The highest BCUT2D eigenvalue weighted by Gasteiger charge is 2.26. The molecule has 0 aromatic rings. The summed E-state index contributed by atoms with van der Waals surface area (Å²) in [5, 5.41) is 0. The first-order chi connectivity index (χ1) is 25.1. The molecule has 1 unspecified atom stereocenters. The quantitative estimate of drug-likeness (QED) is 0.0222. The topological polar surface area (TPSA) is 91.3 Å². The van der Waals surface area contributed by atoms with Crippen molar-refractivity contribution >= 4 is 13.8 Å². The molecular weight excluding hydrogens is 673 g/mol. The van der Waals surface area contributed by atoms with Crippen molar-refractivity contribution in [1.29, 1.82) is 0 Å². The lowest BCUT2D eigenvalue weighted by Crippen LogP contribution is -2.37. The van der Waals surface area contributed by atoms with E-state index in [1.165, 1.54) is 77.0 Å². The molecule has 0 rings (SSSR count). The van der Waals surface area contributed by atoms with Crippen molar-refractivity contribution < 1.29 is 37.3 Å². The van der Waals surface area contributed by atoms with E-state index in [-0.39, 0.29) is 26.2 Å². The largest absolute Gasteiger partial charge is 0.472 e. The number of carbonyl (C=O) groups is 1. The van der Waals surface area contributed by atoms with E-state index < -0.39 is 19.9 Å². The van der Waals surface area contributed by atoms with Crippen molar-refractivity contribution in [2.45, 2.75) is 155 Å². The molecule has 0 aliphatic carbocycles. The number of likely N-dealkylation sites (N-methyl/N-ethyl adjacent to an activating group) is 1. The lowest BCUT2D eigenvalue weighted by molar-refractivity contribution is -0.870. The van der Waals surface area contributed by atoms with Crippen LogP contribution in [0, 0.1) is 0 Å². The third-order valence-electron chi connectivity index (χ3n) is 8.36. The van der Waals surface area contributed by atoms with Gasteiger partial charge in [-0.2, -0.15) is 0 Å². The number of rotatable bonds is 37. The van der Waals surface area contributed by atoms with Crippen LogP contribution in [0.3, 0.4) is 0 Å². The summed E-state index contributed by atoms with van der Waals surface area (Å²) in [4.78, 5) is 22.8. The smallest absolute Gasteiger partial charge is 0.457 e. The van der Waals surface area contributed by atoms with Gasteiger partial charge in [-0.25, -0.2) is 4.57 Å². The Morgan fingerprint density at radius 2 is 1.08 bits per heavy atom. The van der Waals surface area contributed by atoms with Crippen LogP contribution in [0.4, 0.5) is 0 Å². The number of hydrogen-bond acceptors (Lipinski definition) is 6. The fraction of sp³-hybridized carbons (Fsp3) is 0.744. The predicted molar refractivity (Wildman–Crippen MR) is 219 cm³/mol. The minimum atomic E-state index is -4.29. The number of carbonyl (C=O) groups excluding carboxylic acids is 1. The zero-order valence-corrected chi connectivity index (χ0v) is 34.9. The average molecular weight is 753 g/mol. The lowest BCUT2D eigenvalue weighted by atomic mass is 10.0. The molecule has 0 saturated heterocycles. The average Bonchev–Trinajstić information content (AvgIpc) is 3.09. The van der Waals surface area contributed by atoms with Gasteiger partial charge in [0.05, 0.1) is 34.4 Å². The number of unbranched alkanes of at least 4 members (excludes halogenated alkanes) is 13. The SMILES string of the molecule is CC/C=C\C/C=C\C/C=C\C/C=C\C/C=C\CCC(=O)O[C@H](COCCCCCCCCCCCCCCCC)COP(=O)(O)OCC[N+](C)(C)C. The number of quaternary nitrogens is 1. The second kappa shape index (κ2) is 36.2. The monoisotopic (exact) mass is 753 g/mol. The van der Waals surface area contributed by atoms with Crippen LogP contribution in [-0.2, 0) is 27.9 Å². The molecule has 0 spiro atoms. The van der Waals surface area contributed by atoms with E-state index in [4.69, 9.17) is 18.5 Å². The van der Waals surface area contributed by atoms with Crippen molar-refractivity contribution in [1.82, 2.24) is 0 Å². The van der Waals surface area contributed by atoms with E-state index in [0.29, 0.717) is 24.1 Å². The highest BCUT2D eigenvalue weighted by atomic mass is 31.2. The van der Waals surface area contributed by atoms with E-state index in [9.17, 15) is 14.3 Å². The Labute approximate surface area is 320 Å². The van der Waals surface area contributed by atoms with E-state index in [0.717, 1.165) is 44.9 Å². The zero-order chi connectivity index (χ0) is 38.4. The minimum absolute atomic E-state index is 0.0740. The maximum atomic E-state index is 12.6. The van der Waals surface area contributed by atoms with Crippen molar-refractivity contribution in [3.8, 4) is 0 Å². The number of phosphoric ester groups is 1. The molecule has 1 N–H and O–H groups in total. The zero-order valence-electron chi connectivity index (χ0n) is 34.0. The first kappa shape index (κ1) is 50.2. The van der Waals surface area contributed by atoms with Gasteiger partial charge in [0.1, 0.15) is 19.3 Å². The molecule has 0 radical (unpaired) electrons. The van der Waals surface area contributed by atoms with E-state index in [1.54, 1.807) is 0 Å². The molecule has 0 aromatic carbocycles. The van der Waals surface area contributed by atoms with Gasteiger partial charge >= 0.3 is 13.8 Å². The van der Waals surface area contributed by atoms with Crippen LogP contribution in [0.1, 0.15) is 149 Å². The van der Waals surface area contributed by atoms with Crippen LogP contribution in [0.5, 0.6) is 0 Å². The second-order valence-electron chi connectivity index (χ2n) is 14.6. The Bertz CT molecular complexity index is 1020. The van der Waals surface area contributed by atoms with E-state index >= 15 is 0 Å². The lowest BCUT2D eigenvalue weighted by Gasteiger charge is -2.24. The van der Waals surface area contributed by atoms with Crippen LogP contribution < -0.4 is 0 Å². The maximum Gasteiger partial charge on any atom is 0.472 e. The van der Waals surface area contributed by atoms with Crippen molar-refractivity contribution in [3.63, 3.8) is 0 Å². The summed E-state index contributed by atoms with van der Waals surface area (Å²) in [5.41, 5.74) is 0. The van der Waals surface area contributed by atoms with Gasteiger partial charge in [0.2, 0.25) is 0 Å².